The van der Waals surface area contributed by atoms with Crippen LogP contribution >= 0.6 is 0 Å². The molecule has 4 heteroatoms. The van der Waals surface area contributed by atoms with Crippen LogP contribution in [0.1, 0.15) is 33.6 Å². The maximum absolute atomic E-state index is 11.6. The van der Waals surface area contributed by atoms with Gasteiger partial charge in [-0.15, -0.1) is 0 Å². The molecule has 1 aliphatic heterocycles. The SMILES string of the molecule is CC(C)(C)N1CC(CCCO)OCC1=O. The first-order chi connectivity index (χ1) is 6.95. The summed E-state index contributed by atoms with van der Waals surface area (Å²) < 4.78 is 5.42. The molecule has 1 atom stereocenters. The average molecular weight is 215 g/mol. The van der Waals surface area contributed by atoms with Crippen molar-refractivity contribution in [2.24, 2.45) is 0 Å². The number of hydrogen-bond acceptors (Lipinski definition) is 3. The van der Waals surface area contributed by atoms with Crippen LogP contribution in [0.4, 0.5) is 0 Å². The molecule has 1 N–H and O–H groups in total. The van der Waals surface area contributed by atoms with Gasteiger partial charge in [-0.1, -0.05) is 0 Å². The first-order valence-electron chi connectivity index (χ1n) is 5.48. The Morgan fingerprint density at radius 2 is 2.20 bits per heavy atom. The molecule has 0 aromatic carbocycles. The Balaban J connectivity index is 2.52. The minimum Gasteiger partial charge on any atom is -0.396 e. The Labute approximate surface area is 91.2 Å². The van der Waals surface area contributed by atoms with Crippen molar-refractivity contribution in [2.45, 2.75) is 45.3 Å². The van der Waals surface area contributed by atoms with Gasteiger partial charge in [-0.05, 0) is 33.6 Å². The van der Waals surface area contributed by atoms with E-state index in [9.17, 15) is 4.79 Å². The van der Waals surface area contributed by atoms with E-state index < -0.39 is 0 Å². The maximum Gasteiger partial charge on any atom is 0.249 e. The highest BCUT2D eigenvalue weighted by Crippen LogP contribution is 2.20. The molecule has 1 amide bonds. The summed E-state index contributed by atoms with van der Waals surface area (Å²) in [6.07, 6.45) is 1.63. The molecule has 0 saturated carbocycles. The van der Waals surface area contributed by atoms with Crippen molar-refractivity contribution in [3.8, 4) is 0 Å². The fourth-order valence-electron chi connectivity index (χ4n) is 1.77. The van der Waals surface area contributed by atoms with Crippen LogP contribution in [-0.2, 0) is 9.53 Å². The van der Waals surface area contributed by atoms with Crippen molar-refractivity contribution in [3.05, 3.63) is 0 Å². The molecule has 0 spiro atoms. The predicted molar refractivity (Wildman–Crippen MR) is 57.5 cm³/mol. The van der Waals surface area contributed by atoms with Crippen LogP contribution in [0, 0.1) is 0 Å². The number of rotatable bonds is 3. The van der Waals surface area contributed by atoms with E-state index in [-0.39, 0.29) is 30.8 Å². The maximum atomic E-state index is 11.6. The molecule has 15 heavy (non-hydrogen) atoms. The molecule has 1 saturated heterocycles. The lowest BCUT2D eigenvalue weighted by atomic mass is 10.0. The second kappa shape index (κ2) is 4.94. The lowest BCUT2D eigenvalue weighted by Crippen LogP contribution is -2.54. The van der Waals surface area contributed by atoms with E-state index in [2.05, 4.69) is 0 Å². The molecular weight excluding hydrogens is 194 g/mol. The van der Waals surface area contributed by atoms with Gasteiger partial charge >= 0.3 is 0 Å². The Bertz CT molecular complexity index is 222. The van der Waals surface area contributed by atoms with Crippen molar-refractivity contribution in [2.75, 3.05) is 19.8 Å². The molecule has 1 rings (SSSR count). The Hall–Kier alpha value is -0.610. The van der Waals surface area contributed by atoms with Crippen LogP contribution in [0.5, 0.6) is 0 Å². The number of ether oxygens (including phenoxy) is 1. The van der Waals surface area contributed by atoms with Crippen molar-refractivity contribution in [1.82, 2.24) is 4.90 Å². The molecule has 4 nitrogen and oxygen atoms in total. The first-order valence-corrected chi connectivity index (χ1v) is 5.48. The third kappa shape index (κ3) is 3.47. The summed E-state index contributed by atoms with van der Waals surface area (Å²) in [4.78, 5) is 13.5. The zero-order valence-electron chi connectivity index (χ0n) is 9.82. The Morgan fingerprint density at radius 3 is 2.73 bits per heavy atom. The largest absolute Gasteiger partial charge is 0.396 e. The number of carbonyl (C=O) groups is 1. The normalized spacial score (nSPS) is 23.3. The summed E-state index contributed by atoms with van der Waals surface area (Å²) in [5.41, 5.74) is -0.141. The number of aliphatic hydroxyl groups excluding tert-OH is 1. The predicted octanol–water partition coefficient (Wildman–Crippen LogP) is 0.785. The van der Waals surface area contributed by atoms with Crippen LogP contribution in [0.15, 0.2) is 0 Å². The van der Waals surface area contributed by atoms with E-state index in [1.54, 1.807) is 0 Å². The first kappa shape index (κ1) is 12.5. The summed E-state index contributed by atoms with van der Waals surface area (Å²) in [6.45, 7) is 7.08. The molecule has 1 unspecified atom stereocenters. The van der Waals surface area contributed by atoms with Gasteiger partial charge < -0.3 is 14.7 Å². The van der Waals surface area contributed by atoms with Gasteiger partial charge in [0.05, 0.1) is 6.10 Å². The van der Waals surface area contributed by atoms with Crippen LogP contribution in [0.3, 0.4) is 0 Å². The standard InChI is InChI=1S/C11H21NO3/c1-11(2,3)12-7-9(5-4-6-13)15-8-10(12)14/h9,13H,4-8H2,1-3H3. The zero-order chi connectivity index (χ0) is 11.5. The van der Waals surface area contributed by atoms with Crippen LogP contribution in [-0.4, -0.2) is 47.3 Å². The van der Waals surface area contributed by atoms with Gasteiger partial charge in [0.15, 0.2) is 0 Å². The van der Waals surface area contributed by atoms with E-state index in [0.717, 1.165) is 12.8 Å². The van der Waals surface area contributed by atoms with E-state index in [0.29, 0.717) is 6.54 Å². The summed E-state index contributed by atoms with van der Waals surface area (Å²) >= 11 is 0. The third-order valence-corrected chi connectivity index (χ3v) is 2.62. The van der Waals surface area contributed by atoms with Crippen LogP contribution < -0.4 is 0 Å². The Kier molecular flexibility index (Phi) is 4.11. The smallest absolute Gasteiger partial charge is 0.249 e. The number of nitrogens with zero attached hydrogens (tertiary/aromatic N) is 1. The van der Waals surface area contributed by atoms with Gasteiger partial charge in [-0.25, -0.2) is 0 Å². The highest BCUT2D eigenvalue weighted by atomic mass is 16.5. The summed E-state index contributed by atoms with van der Waals surface area (Å²) in [6, 6.07) is 0. The highest BCUT2D eigenvalue weighted by Gasteiger charge is 2.33. The van der Waals surface area contributed by atoms with Gasteiger partial charge in [0.1, 0.15) is 6.61 Å². The molecule has 0 bridgehead atoms. The molecule has 88 valence electrons. The van der Waals surface area contributed by atoms with E-state index in [1.165, 1.54) is 0 Å². The van der Waals surface area contributed by atoms with Crippen molar-refractivity contribution < 1.29 is 14.6 Å². The second-order valence-corrected chi connectivity index (χ2v) is 4.97. The van der Waals surface area contributed by atoms with Gasteiger partial charge in [-0.2, -0.15) is 0 Å². The van der Waals surface area contributed by atoms with Gasteiger partial charge in [0, 0.05) is 18.7 Å². The molecule has 1 heterocycles. The summed E-state index contributed by atoms with van der Waals surface area (Å²) in [5.74, 6) is 0.0581. The lowest BCUT2D eigenvalue weighted by Gasteiger charge is -2.41. The molecule has 1 fully saturated rings. The van der Waals surface area contributed by atoms with E-state index in [1.807, 2.05) is 25.7 Å². The second-order valence-electron chi connectivity index (χ2n) is 4.97. The fraction of sp³-hybridized carbons (Fsp3) is 0.909. The summed E-state index contributed by atoms with van der Waals surface area (Å²) in [7, 11) is 0. The summed E-state index contributed by atoms with van der Waals surface area (Å²) in [5, 5.41) is 8.74. The minimum atomic E-state index is -0.141. The monoisotopic (exact) mass is 215 g/mol. The van der Waals surface area contributed by atoms with Crippen LogP contribution in [0.2, 0.25) is 0 Å². The number of aliphatic hydroxyl groups is 1. The highest BCUT2D eigenvalue weighted by molar-refractivity contribution is 5.78. The van der Waals surface area contributed by atoms with Gasteiger partial charge in [0.2, 0.25) is 5.91 Å². The van der Waals surface area contributed by atoms with Crippen molar-refractivity contribution in [1.29, 1.82) is 0 Å². The fourth-order valence-corrected chi connectivity index (χ4v) is 1.77. The molecule has 0 aliphatic carbocycles. The van der Waals surface area contributed by atoms with Crippen molar-refractivity contribution in [3.63, 3.8) is 0 Å². The van der Waals surface area contributed by atoms with E-state index >= 15 is 0 Å². The molecule has 1 aliphatic rings. The zero-order valence-corrected chi connectivity index (χ0v) is 9.82. The van der Waals surface area contributed by atoms with Gasteiger partial charge in [-0.3, -0.25) is 4.79 Å². The van der Waals surface area contributed by atoms with Crippen molar-refractivity contribution >= 4 is 5.91 Å². The molecule has 0 aromatic heterocycles. The van der Waals surface area contributed by atoms with Gasteiger partial charge in [0.25, 0.3) is 0 Å². The molecule has 0 aromatic rings. The third-order valence-electron chi connectivity index (χ3n) is 2.62. The quantitative estimate of drug-likeness (QED) is 0.757. The number of amides is 1. The molecular formula is C11H21NO3. The number of hydrogen-bond donors (Lipinski definition) is 1. The Morgan fingerprint density at radius 1 is 1.53 bits per heavy atom. The minimum absolute atomic E-state index is 0.0581. The average Bonchev–Trinajstić information content (AvgIpc) is 2.15. The lowest BCUT2D eigenvalue weighted by molar-refractivity contribution is -0.156. The number of morpholine rings is 1. The number of carbonyl (C=O) groups excluding carboxylic acids is 1. The topological polar surface area (TPSA) is 49.8 Å². The van der Waals surface area contributed by atoms with Crippen LogP contribution in [0.25, 0.3) is 0 Å². The molecule has 0 radical (unpaired) electrons. The van der Waals surface area contributed by atoms with E-state index in [4.69, 9.17) is 9.84 Å².